The Balaban J connectivity index is 1.99. The first-order chi connectivity index (χ1) is 7.66. The average Bonchev–Trinajstić information content (AvgIpc) is 2.86. The third-order valence-corrected chi connectivity index (χ3v) is 2.64. The van der Waals surface area contributed by atoms with Crippen LogP contribution < -0.4 is 5.32 Å². The molecule has 0 aliphatic heterocycles. The molecule has 1 aliphatic carbocycles. The van der Waals surface area contributed by atoms with Crippen molar-refractivity contribution >= 4 is 11.9 Å². The molecule has 0 unspecified atom stereocenters. The molecule has 1 heterocycles. The number of aromatic carboxylic acids is 1. The maximum atomic E-state index is 11.6. The van der Waals surface area contributed by atoms with Gasteiger partial charge in [-0.1, -0.05) is 18.0 Å². The molecule has 6 heteroatoms. The minimum absolute atomic E-state index is 0.0179. The summed E-state index contributed by atoms with van der Waals surface area (Å²) < 4.78 is 4.50. The van der Waals surface area contributed by atoms with Crippen LogP contribution in [0, 0.1) is 0 Å². The number of carboxylic acids is 1. The predicted octanol–water partition coefficient (Wildman–Crippen LogP) is 1.05. The van der Waals surface area contributed by atoms with Gasteiger partial charge < -0.3 is 14.9 Å². The average molecular weight is 224 g/mol. The minimum Gasteiger partial charge on any atom is -0.475 e. The molecule has 0 atom stereocenters. The molecule has 0 spiro atoms. The molecule has 0 bridgehead atoms. The molecule has 1 aliphatic rings. The lowest BCUT2D eigenvalue weighted by molar-refractivity contribution is 0.0651. The van der Waals surface area contributed by atoms with Crippen molar-refractivity contribution in [2.24, 2.45) is 0 Å². The SMILES string of the molecule is O=C(NC1CCCC1)c1cc(C(=O)O)on1. The van der Waals surface area contributed by atoms with E-state index in [1.165, 1.54) is 0 Å². The van der Waals surface area contributed by atoms with Crippen LogP contribution in [-0.2, 0) is 0 Å². The molecule has 2 N–H and O–H groups in total. The highest BCUT2D eigenvalue weighted by Gasteiger charge is 2.21. The molecule has 16 heavy (non-hydrogen) atoms. The van der Waals surface area contributed by atoms with Crippen molar-refractivity contribution < 1.29 is 19.2 Å². The number of aromatic nitrogens is 1. The molecule has 1 fully saturated rings. The van der Waals surface area contributed by atoms with Gasteiger partial charge in [0.15, 0.2) is 5.69 Å². The summed E-state index contributed by atoms with van der Waals surface area (Å²) in [5, 5.41) is 14.8. The van der Waals surface area contributed by atoms with E-state index in [9.17, 15) is 9.59 Å². The van der Waals surface area contributed by atoms with E-state index in [4.69, 9.17) is 5.11 Å². The zero-order valence-electron chi connectivity index (χ0n) is 8.60. The van der Waals surface area contributed by atoms with E-state index in [2.05, 4.69) is 15.0 Å². The van der Waals surface area contributed by atoms with Crippen molar-refractivity contribution in [3.63, 3.8) is 0 Å². The van der Waals surface area contributed by atoms with Gasteiger partial charge in [-0.3, -0.25) is 4.79 Å². The maximum Gasteiger partial charge on any atom is 0.374 e. The van der Waals surface area contributed by atoms with E-state index >= 15 is 0 Å². The summed E-state index contributed by atoms with van der Waals surface area (Å²) in [4.78, 5) is 22.1. The third kappa shape index (κ3) is 2.21. The Morgan fingerprint density at radius 3 is 2.69 bits per heavy atom. The van der Waals surface area contributed by atoms with E-state index in [0.29, 0.717) is 0 Å². The normalized spacial score (nSPS) is 16.2. The highest BCUT2D eigenvalue weighted by molar-refractivity contribution is 5.94. The highest BCUT2D eigenvalue weighted by atomic mass is 16.5. The van der Waals surface area contributed by atoms with Crippen LogP contribution in [0.15, 0.2) is 10.6 Å². The van der Waals surface area contributed by atoms with Gasteiger partial charge in [-0.15, -0.1) is 0 Å². The highest BCUT2D eigenvalue weighted by Crippen LogP contribution is 2.18. The summed E-state index contributed by atoms with van der Waals surface area (Å²) in [6, 6.07) is 1.31. The lowest BCUT2D eigenvalue weighted by Crippen LogP contribution is -2.32. The molecule has 86 valence electrons. The van der Waals surface area contributed by atoms with E-state index in [1.807, 2.05) is 0 Å². The Labute approximate surface area is 91.6 Å². The molecule has 6 nitrogen and oxygen atoms in total. The molecule has 0 aromatic carbocycles. The first-order valence-corrected chi connectivity index (χ1v) is 5.17. The molecule has 1 aromatic rings. The third-order valence-electron chi connectivity index (χ3n) is 2.64. The summed E-state index contributed by atoms with van der Waals surface area (Å²) in [6.45, 7) is 0. The summed E-state index contributed by atoms with van der Waals surface area (Å²) in [5.41, 5.74) is 0.0179. The Morgan fingerprint density at radius 2 is 2.12 bits per heavy atom. The number of rotatable bonds is 3. The van der Waals surface area contributed by atoms with Gasteiger partial charge in [-0.05, 0) is 12.8 Å². The number of nitrogens with one attached hydrogen (secondary N) is 1. The first-order valence-electron chi connectivity index (χ1n) is 5.17. The lowest BCUT2D eigenvalue weighted by Gasteiger charge is -2.09. The van der Waals surface area contributed by atoms with Crippen molar-refractivity contribution in [3.8, 4) is 0 Å². The number of carbonyl (C=O) groups excluding carboxylic acids is 1. The second kappa shape index (κ2) is 4.34. The van der Waals surface area contributed by atoms with Crippen LogP contribution in [0.3, 0.4) is 0 Å². The molecule has 0 radical (unpaired) electrons. The van der Waals surface area contributed by atoms with Crippen LogP contribution in [-0.4, -0.2) is 28.2 Å². The summed E-state index contributed by atoms with van der Waals surface area (Å²) in [6.07, 6.45) is 4.17. The molecule has 0 saturated heterocycles. The van der Waals surface area contributed by atoms with Crippen molar-refractivity contribution in [1.82, 2.24) is 10.5 Å². The van der Waals surface area contributed by atoms with E-state index < -0.39 is 5.97 Å². The Morgan fingerprint density at radius 1 is 1.44 bits per heavy atom. The van der Waals surface area contributed by atoms with Gasteiger partial charge >= 0.3 is 5.97 Å². The zero-order chi connectivity index (χ0) is 11.5. The number of amides is 1. The monoisotopic (exact) mass is 224 g/mol. The van der Waals surface area contributed by atoms with Gasteiger partial charge in [0.05, 0.1) is 0 Å². The van der Waals surface area contributed by atoms with Crippen LogP contribution >= 0.6 is 0 Å². The second-order valence-electron chi connectivity index (χ2n) is 3.84. The molecule has 2 rings (SSSR count). The van der Waals surface area contributed by atoms with Crippen molar-refractivity contribution in [2.45, 2.75) is 31.7 Å². The van der Waals surface area contributed by atoms with Crippen LogP contribution in [0.25, 0.3) is 0 Å². The number of carbonyl (C=O) groups is 2. The van der Waals surface area contributed by atoms with Crippen LogP contribution in [0.1, 0.15) is 46.7 Å². The van der Waals surface area contributed by atoms with Crippen molar-refractivity contribution in [1.29, 1.82) is 0 Å². The fraction of sp³-hybridized carbons (Fsp3) is 0.500. The molecular weight excluding hydrogens is 212 g/mol. The van der Waals surface area contributed by atoms with E-state index in [0.717, 1.165) is 31.7 Å². The Kier molecular flexibility index (Phi) is 2.89. The smallest absolute Gasteiger partial charge is 0.374 e. The summed E-state index contributed by atoms with van der Waals surface area (Å²) in [7, 11) is 0. The van der Waals surface area contributed by atoms with Crippen LogP contribution in [0.4, 0.5) is 0 Å². The largest absolute Gasteiger partial charge is 0.475 e. The van der Waals surface area contributed by atoms with Crippen molar-refractivity contribution in [2.75, 3.05) is 0 Å². The standard InChI is InChI=1S/C10H12N2O4/c13-9(11-6-3-1-2-4-6)7-5-8(10(14)15)16-12-7/h5-6H,1-4H2,(H,11,13)(H,14,15). The fourth-order valence-corrected chi connectivity index (χ4v) is 1.81. The Bertz CT molecular complexity index is 407. The number of hydrogen-bond acceptors (Lipinski definition) is 4. The number of carboxylic acid groups (broad SMARTS) is 1. The molecule has 1 amide bonds. The molecule has 1 aromatic heterocycles. The van der Waals surface area contributed by atoms with Gasteiger partial charge in [0.1, 0.15) is 0 Å². The lowest BCUT2D eigenvalue weighted by atomic mass is 10.2. The van der Waals surface area contributed by atoms with Gasteiger partial charge in [0.25, 0.3) is 5.91 Å². The Hall–Kier alpha value is -1.85. The summed E-state index contributed by atoms with van der Waals surface area (Å²) in [5.74, 6) is -1.92. The predicted molar refractivity (Wildman–Crippen MR) is 53.2 cm³/mol. The molecular formula is C10H12N2O4. The van der Waals surface area contributed by atoms with Crippen LogP contribution in [0.5, 0.6) is 0 Å². The number of nitrogens with zero attached hydrogens (tertiary/aromatic N) is 1. The van der Waals surface area contributed by atoms with Crippen molar-refractivity contribution in [3.05, 3.63) is 17.5 Å². The zero-order valence-corrected chi connectivity index (χ0v) is 8.60. The first kappa shape index (κ1) is 10.7. The van der Waals surface area contributed by atoms with Gasteiger partial charge in [0, 0.05) is 12.1 Å². The number of hydrogen-bond donors (Lipinski definition) is 2. The minimum atomic E-state index is -1.23. The van der Waals surface area contributed by atoms with Crippen LogP contribution in [0.2, 0.25) is 0 Å². The van der Waals surface area contributed by atoms with Gasteiger partial charge in [-0.2, -0.15) is 0 Å². The van der Waals surface area contributed by atoms with E-state index in [1.54, 1.807) is 0 Å². The van der Waals surface area contributed by atoms with E-state index in [-0.39, 0.29) is 23.4 Å². The second-order valence-corrected chi connectivity index (χ2v) is 3.84. The quantitative estimate of drug-likeness (QED) is 0.800. The van der Waals surface area contributed by atoms with Gasteiger partial charge in [-0.25, -0.2) is 4.79 Å². The maximum absolute atomic E-state index is 11.6. The van der Waals surface area contributed by atoms with Gasteiger partial charge in [0.2, 0.25) is 5.76 Å². The molecule has 1 saturated carbocycles. The fourth-order valence-electron chi connectivity index (χ4n) is 1.81. The topological polar surface area (TPSA) is 92.4 Å². The summed E-state index contributed by atoms with van der Waals surface area (Å²) >= 11 is 0.